The molecule has 0 bridgehead atoms. The van der Waals surface area contributed by atoms with Crippen LogP contribution in [-0.4, -0.2) is 37.0 Å². The van der Waals surface area contributed by atoms with Crippen molar-refractivity contribution >= 4 is 17.8 Å². The lowest BCUT2D eigenvalue weighted by Gasteiger charge is -2.20. The fourth-order valence-corrected chi connectivity index (χ4v) is 2.30. The van der Waals surface area contributed by atoms with E-state index in [0.29, 0.717) is 12.5 Å². The molecule has 0 heterocycles. The molecular weight excluding hydrogens is 358 g/mol. The largest absolute Gasteiger partial charge is 0.467 e. The Morgan fingerprint density at radius 3 is 2.33 bits per heavy atom. The Morgan fingerprint density at radius 2 is 1.78 bits per heavy atom. The van der Waals surface area contributed by atoms with Gasteiger partial charge in [0.05, 0.1) is 7.11 Å². The van der Waals surface area contributed by atoms with E-state index in [1.54, 1.807) is 6.08 Å². The number of allylic oxidation sites excluding steroid dienone is 1. The van der Waals surface area contributed by atoms with Crippen LogP contribution < -0.4 is 10.6 Å². The molecule has 0 aromatic heterocycles. The highest BCUT2D eigenvalue weighted by atomic mass is 19.1. The van der Waals surface area contributed by atoms with Crippen LogP contribution in [0, 0.1) is 11.6 Å². The smallest absolute Gasteiger partial charge is 0.328 e. The molecule has 1 rings (SSSR count). The minimum absolute atomic E-state index is 0.151. The Kier molecular flexibility index (Phi) is 9.12. The summed E-state index contributed by atoms with van der Waals surface area (Å²) in [7, 11) is 1.18. The summed E-state index contributed by atoms with van der Waals surface area (Å²) in [5.41, 5.74) is 0.191. The van der Waals surface area contributed by atoms with Crippen LogP contribution in [0.4, 0.5) is 8.78 Å². The van der Waals surface area contributed by atoms with E-state index in [2.05, 4.69) is 15.4 Å². The highest BCUT2D eigenvalue weighted by Crippen LogP contribution is 2.11. The average molecular weight is 382 g/mol. The van der Waals surface area contributed by atoms with E-state index in [9.17, 15) is 23.2 Å². The van der Waals surface area contributed by atoms with E-state index in [0.717, 1.165) is 18.6 Å². The molecule has 1 aromatic rings. The van der Waals surface area contributed by atoms with Crippen molar-refractivity contribution in [3.8, 4) is 0 Å². The summed E-state index contributed by atoms with van der Waals surface area (Å²) in [6, 6.07) is 0.793. The molecule has 0 fully saturated rings. The third kappa shape index (κ3) is 7.98. The number of benzene rings is 1. The molecule has 0 aliphatic carbocycles. The van der Waals surface area contributed by atoms with E-state index in [4.69, 9.17) is 0 Å². The van der Waals surface area contributed by atoms with Crippen molar-refractivity contribution in [2.45, 2.75) is 45.2 Å². The maximum absolute atomic E-state index is 13.4. The average Bonchev–Trinajstić information content (AvgIpc) is 2.59. The topological polar surface area (TPSA) is 84.5 Å². The Labute approximate surface area is 157 Å². The van der Waals surface area contributed by atoms with Gasteiger partial charge in [-0.05, 0) is 37.1 Å². The van der Waals surface area contributed by atoms with Gasteiger partial charge in [0.2, 0.25) is 11.8 Å². The van der Waals surface area contributed by atoms with Crippen LogP contribution in [0.15, 0.2) is 30.4 Å². The van der Waals surface area contributed by atoms with E-state index >= 15 is 0 Å². The summed E-state index contributed by atoms with van der Waals surface area (Å²) < 4.78 is 31.4. The van der Waals surface area contributed by atoms with Gasteiger partial charge in [-0.3, -0.25) is 9.59 Å². The highest BCUT2D eigenvalue weighted by molar-refractivity contribution is 5.94. The number of unbranched alkanes of at least 4 members (excludes halogenated alkanes) is 1. The predicted molar refractivity (Wildman–Crippen MR) is 95.7 cm³/mol. The summed E-state index contributed by atoms with van der Waals surface area (Å²) in [5.74, 6) is -3.43. The Morgan fingerprint density at radius 1 is 1.15 bits per heavy atom. The number of amides is 2. The minimum Gasteiger partial charge on any atom is -0.467 e. The zero-order valence-electron chi connectivity index (χ0n) is 15.6. The normalized spacial score (nSPS) is 13.1. The summed E-state index contributed by atoms with van der Waals surface area (Å²) in [6.45, 7) is 3.37. The molecule has 2 N–H and O–H groups in total. The first kappa shape index (κ1) is 22.3. The fraction of sp³-hybridized carbons (Fsp3) is 0.421. The van der Waals surface area contributed by atoms with Crippen LogP contribution in [0.2, 0.25) is 0 Å². The second-order valence-corrected chi connectivity index (χ2v) is 5.99. The number of carbonyl (C=O) groups excluding carboxylic acids is 3. The molecule has 27 heavy (non-hydrogen) atoms. The van der Waals surface area contributed by atoms with Crippen molar-refractivity contribution < 1.29 is 27.9 Å². The molecule has 0 saturated carbocycles. The molecular formula is C19H24F2N2O4. The molecule has 148 valence electrons. The van der Waals surface area contributed by atoms with E-state index in [1.165, 1.54) is 20.1 Å². The zero-order chi connectivity index (χ0) is 20.4. The molecule has 0 unspecified atom stereocenters. The van der Waals surface area contributed by atoms with Gasteiger partial charge in [0.15, 0.2) is 0 Å². The third-order valence-electron chi connectivity index (χ3n) is 3.63. The number of halogens is 2. The quantitative estimate of drug-likeness (QED) is 0.506. The van der Waals surface area contributed by atoms with Gasteiger partial charge in [-0.15, -0.1) is 0 Å². The van der Waals surface area contributed by atoms with Crippen LogP contribution in [0.5, 0.6) is 0 Å². The van der Waals surface area contributed by atoms with Crippen LogP contribution in [0.3, 0.4) is 0 Å². The van der Waals surface area contributed by atoms with Gasteiger partial charge in [0, 0.05) is 12.5 Å². The molecule has 0 saturated heterocycles. The summed E-state index contributed by atoms with van der Waals surface area (Å²) in [5, 5.41) is 4.90. The van der Waals surface area contributed by atoms with Crippen LogP contribution in [-0.2, 0) is 25.5 Å². The number of nitrogens with one attached hydrogen (secondary N) is 2. The van der Waals surface area contributed by atoms with Gasteiger partial charge in [0.1, 0.15) is 23.7 Å². The molecule has 8 heteroatoms. The molecule has 2 atom stereocenters. The van der Waals surface area contributed by atoms with Crippen molar-refractivity contribution in [2.75, 3.05) is 7.11 Å². The van der Waals surface area contributed by atoms with Crippen LogP contribution >= 0.6 is 0 Å². The van der Waals surface area contributed by atoms with Gasteiger partial charge in [0.25, 0.3) is 0 Å². The van der Waals surface area contributed by atoms with Crippen molar-refractivity contribution in [3.63, 3.8) is 0 Å². The van der Waals surface area contributed by atoms with Gasteiger partial charge >= 0.3 is 5.97 Å². The summed E-state index contributed by atoms with van der Waals surface area (Å²) in [4.78, 5) is 36.0. The Balaban J connectivity index is 2.95. The van der Waals surface area contributed by atoms with Gasteiger partial charge in [-0.2, -0.15) is 0 Å². The van der Waals surface area contributed by atoms with E-state index in [1.807, 2.05) is 6.92 Å². The summed E-state index contributed by atoms with van der Waals surface area (Å²) in [6.07, 6.45) is 4.34. The van der Waals surface area contributed by atoms with Gasteiger partial charge in [-0.25, -0.2) is 13.6 Å². The van der Waals surface area contributed by atoms with Crippen molar-refractivity contribution in [2.24, 2.45) is 0 Å². The van der Waals surface area contributed by atoms with Crippen molar-refractivity contribution in [3.05, 3.63) is 47.5 Å². The number of hydrogen-bond donors (Lipinski definition) is 2. The number of rotatable bonds is 9. The molecule has 0 aliphatic heterocycles. The molecule has 1 aromatic carbocycles. The first-order valence-corrected chi connectivity index (χ1v) is 8.57. The number of methoxy groups -OCH3 is 1. The van der Waals surface area contributed by atoms with Crippen LogP contribution in [0.1, 0.15) is 32.3 Å². The van der Waals surface area contributed by atoms with E-state index < -0.39 is 41.5 Å². The number of carbonyl (C=O) groups is 3. The summed E-state index contributed by atoms with van der Waals surface area (Å²) >= 11 is 0. The van der Waals surface area contributed by atoms with Gasteiger partial charge < -0.3 is 15.4 Å². The molecule has 6 nitrogen and oxygen atoms in total. The lowest BCUT2D eigenvalue weighted by molar-refractivity contribution is -0.144. The maximum Gasteiger partial charge on any atom is 0.328 e. The monoisotopic (exact) mass is 382 g/mol. The molecule has 0 aliphatic rings. The fourth-order valence-electron chi connectivity index (χ4n) is 2.30. The van der Waals surface area contributed by atoms with Crippen molar-refractivity contribution in [1.82, 2.24) is 10.6 Å². The Hall–Kier alpha value is -2.77. The Bertz CT molecular complexity index is 687. The molecule has 2 amide bonds. The molecule has 0 spiro atoms. The maximum atomic E-state index is 13.4. The number of hydrogen-bond acceptors (Lipinski definition) is 4. The lowest BCUT2D eigenvalue weighted by atomic mass is 10.0. The minimum atomic E-state index is -1.13. The van der Waals surface area contributed by atoms with E-state index in [-0.39, 0.29) is 12.0 Å². The number of esters is 1. The molecule has 0 radical (unpaired) electrons. The zero-order valence-corrected chi connectivity index (χ0v) is 15.6. The SMILES string of the molecule is CCC/C=C/C(=O)N[C@@H](Cc1cc(F)cc(F)c1)C(=O)N[C@@H](C)C(=O)OC. The second-order valence-electron chi connectivity index (χ2n) is 5.99. The third-order valence-corrected chi connectivity index (χ3v) is 3.63. The predicted octanol–water partition coefficient (Wildman–Crippen LogP) is 2.03. The standard InChI is InChI=1S/C19H24F2N2O4/c1-4-5-6-7-17(24)23-16(18(25)22-12(2)19(26)27-3)10-13-8-14(20)11-15(21)9-13/h6-9,11-12,16H,4-5,10H2,1-3H3,(H,22,25)(H,23,24)/b7-6+/t12-,16-/m0/s1. The second kappa shape index (κ2) is 11.1. The first-order chi connectivity index (χ1) is 12.8. The van der Waals surface area contributed by atoms with Gasteiger partial charge in [-0.1, -0.05) is 19.4 Å². The number of ether oxygens (including phenoxy) is 1. The first-order valence-electron chi connectivity index (χ1n) is 8.57. The van der Waals surface area contributed by atoms with Crippen LogP contribution in [0.25, 0.3) is 0 Å². The van der Waals surface area contributed by atoms with Crippen molar-refractivity contribution in [1.29, 1.82) is 0 Å². The highest BCUT2D eigenvalue weighted by Gasteiger charge is 2.25. The lowest BCUT2D eigenvalue weighted by Crippen LogP contribution is -2.51.